The van der Waals surface area contributed by atoms with Crippen molar-refractivity contribution in [3.8, 4) is 22.9 Å². The molecule has 2 aromatic carbocycles. The number of unbranched alkanes of at least 4 members (excludes halogenated alkanes) is 1. The summed E-state index contributed by atoms with van der Waals surface area (Å²) in [5.41, 5.74) is 1.67. The lowest BCUT2D eigenvalue weighted by Crippen LogP contribution is -2.45. The molecule has 48 heavy (non-hydrogen) atoms. The highest BCUT2D eigenvalue weighted by molar-refractivity contribution is 6.01. The van der Waals surface area contributed by atoms with Gasteiger partial charge in [-0.3, -0.25) is 9.59 Å². The monoisotopic (exact) mass is 669 g/mol. The summed E-state index contributed by atoms with van der Waals surface area (Å²) in [4.78, 5) is 36.8. The second-order valence-electron chi connectivity index (χ2n) is 11.8. The normalized spacial score (nSPS) is 14.0. The number of piperidine rings is 1. The molecule has 2 heterocycles. The molecule has 0 spiro atoms. The lowest BCUT2D eigenvalue weighted by molar-refractivity contribution is -0.137. The Morgan fingerprint density at radius 2 is 1.56 bits per heavy atom. The second kappa shape index (κ2) is 17.8. The molecule has 1 fully saturated rings. The maximum Gasteiger partial charge on any atom is 0.416 e. The Balaban J connectivity index is 1.13. The number of likely N-dealkylation sites (tertiary alicyclic amines) is 1. The number of rotatable bonds is 16. The van der Waals surface area contributed by atoms with Crippen LogP contribution in [0.25, 0.3) is 11.1 Å². The standard InChI is InChI=1S/C36H46F3N5O4/c1-4-47-34-31(35(48-5-2)42-25(3)41-34)13-10-14-32(45)40-21-8-9-22-44-23-19-28(20-24-44)43-33(46)30-12-7-6-11-29(30)26-15-17-27(18-16-26)36(37,38)39/h6-7,11-12,15-18,28H,4-5,8-10,13-14,19-24H2,1-3H3,(H,40,45)(H,43,46). The number of nitrogens with zero attached hydrogens (tertiary/aromatic N) is 3. The highest BCUT2D eigenvalue weighted by Gasteiger charge is 2.30. The number of carbonyl (C=O) groups excluding carboxylic acids is 2. The molecule has 9 nitrogen and oxygen atoms in total. The summed E-state index contributed by atoms with van der Waals surface area (Å²) in [6.45, 7) is 9.81. The van der Waals surface area contributed by atoms with E-state index < -0.39 is 11.7 Å². The van der Waals surface area contributed by atoms with Crippen LogP contribution in [0.3, 0.4) is 0 Å². The molecule has 260 valence electrons. The van der Waals surface area contributed by atoms with Crippen LogP contribution >= 0.6 is 0 Å². The highest BCUT2D eigenvalue weighted by Crippen LogP contribution is 2.32. The van der Waals surface area contributed by atoms with E-state index in [-0.39, 0.29) is 17.9 Å². The van der Waals surface area contributed by atoms with Gasteiger partial charge >= 0.3 is 6.18 Å². The molecular weight excluding hydrogens is 623 g/mol. The molecular formula is C36H46F3N5O4. The van der Waals surface area contributed by atoms with Crippen LogP contribution in [0.4, 0.5) is 13.2 Å². The number of benzene rings is 2. The second-order valence-corrected chi connectivity index (χ2v) is 11.8. The predicted molar refractivity (Wildman–Crippen MR) is 178 cm³/mol. The van der Waals surface area contributed by atoms with E-state index in [2.05, 4.69) is 25.5 Å². The summed E-state index contributed by atoms with van der Waals surface area (Å²) in [5.74, 6) is 1.40. The Labute approximate surface area is 280 Å². The van der Waals surface area contributed by atoms with E-state index in [9.17, 15) is 22.8 Å². The van der Waals surface area contributed by atoms with Gasteiger partial charge in [-0.05, 0) is 95.2 Å². The lowest BCUT2D eigenvalue weighted by atomic mass is 9.97. The van der Waals surface area contributed by atoms with Gasteiger partial charge in [0.25, 0.3) is 5.91 Å². The van der Waals surface area contributed by atoms with Crippen LogP contribution < -0.4 is 20.1 Å². The molecule has 1 aromatic heterocycles. The maximum atomic E-state index is 13.2. The van der Waals surface area contributed by atoms with Crippen molar-refractivity contribution >= 4 is 11.8 Å². The minimum absolute atomic E-state index is 0.00963. The van der Waals surface area contributed by atoms with Crippen LogP contribution in [0.2, 0.25) is 0 Å². The van der Waals surface area contributed by atoms with E-state index >= 15 is 0 Å². The summed E-state index contributed by atoms with van der Waals surface area (Å²) >= 11 is 0. The zero-order valence-electron chi connectivity index (χ0n) is 28.0. The summed E-state index contributed by atoms with van der Waals surface area (Å²) in [6, 6.07) is 11.9. The molecule has 3 aromatic rings. The maximum absolute atomic E-state index is 13.2. The van der Waals surface area contributed by atoms with Crippen LogP contribution in [-0.4, -0.2) is 72.1 Å². The first-order valence-corrected chi connectivity index (χ1v) is 16.8. The average Bonchev–Trinajstić information content (AvgIpc) is 3.06. The molecule has 4 rings (SSSR count). The molecule has 0 bridgehead atoms. The summed E-state index contributed by atoms with van der Waals surface area (Å²) < 4.78 is 50.4. The van der Waals surface area contributed by atoms with Crippen molar-refractivity contribution in [1.29, 1.82) is 0 Å². The predicted octanol–water partition coefficient (Wildman–Crippen LogP) is 6.38. The highest BCUT2D eigenvalue weighted by atomic mass is 19.4. The van der Waals surface area contributed by atoms with Crippen molar-refractivity contribution in [2.75, 3.05) is 39.4 Å². The molecule has 0 aliphatic carbocycles. The summed E-state index contributed by atoms with van der Waals surface area (Å²) in [6.07, 6.45) is 0.639. The fourth-order valence-electron chi connectivity index (χ4n) is 5.81. The fourth-order valence-corrected chi connectivity index (χ4v) is 5.81. The number of alkyl halides is 3. The van der Waals surface area contributed by atoms with Crippen LogP contribution in [0.15, 0.2) is 48.5 Å². The van der Waals surface area contributed by atoms with E-state index in [1.807, 2.05) is 13.8 Å². The van der Waals surface area contributed by atoms with Gasteiger partial charge in [-0.15, -0.1) is 0 Å². The Hall–Kier alpha value is -4.19. The summed E-state index contributed by atoms with van der Waals surface area (Å²) in [7, 11) is 0. The van der Waals surface area contributed by atoms with Gasteiger partial charge in [0.1, 0.15) is 5.82 Å². The van der Waals surface area contributed by atoms with Gasteiger partial charge in [0, 0.05) is 37.7 Å². The molecule has 0 radical (unpaired) electrons. The van der Waals surface area contributed by atoms with Crippen molar-refractivity contribution in [2.24, 2.45) is 0 Å². The lowest BCUT2D eigenvalue weighted by Gasteiger charge is -2.32. The molecule has 0 atom stereocenters. The van der Waals surface area contributed by atoms with E-state index in [1.54, 1.807) is 31.2 Å². The van der Waals surface area contributed by atoms with Crippen molar-refractivity contribution in [3.63, 3.8) is 0 Å². The van der Waals surface area contributed by atoms with Gasteiger partial charge in [-0.25, -0.2) is 0 Å². The van der Waals surface area contributed by atoms with E-state index in [4.69, 9.17) is 9.47 Å². The molecule has 2 N–H and O–H groups in total. The molecule has 1 aliphatic heterocycles. The van der Waals surface area contributed by atoms with E-state index in [1.165, 1.54) is 12.1 Å². The number of hydrogen-bond donors (Lipinski definition) is 2. The number of aromatic nitrogens is 2. The van der Waals surface area contributed by atoms with Crippen molar-refractivity contribution in [3.05, 3.63) is 71.0 Å². The van der Waals surface area contributed by atoms with Crippen molar-refractivity contribution < 1.29 is 32.2 Å². The van der Waals surface area contributed by atoms with E-state index in [0.717, 1.165) is 63.0 Å². The minimum atomic E-state index is -4.41. The molecule has 0 saturated carbocycles. The largest absolute Gasteiger partial charge is 0.478 e. The van der Waals surface area contributed by atoms with Crippen molar-refractivity contribution in [1.82, 2.24) is 25.5 Å². The SMILES string of the molecule is CCOc1nc(C)nc(OCC)c1CCCC(=O)NCCCCN1CCC(NC(=O)c2ccccc2-c2ccc(C(F)(F)F)cc2)CC1. The fraction of sp³-hybridized carbons (Fsp3) is 0.500. The zero-order valence-corrected chi connectivity index (χ0v) is 28.0. The average molecular weight is 670 g/mol. The molecule has 2 amide bonds. The third kappa shape index (κ3) is 10.7. The Bertz CT molecular complexity index is 1460. The topological polar surface area (TPSA) is 106 Å². The molecule has 1 saturated heterocycles. The number of carbonyl (C=O) groups is 2. The first-order valence-electron chi connectivity index (χ1n) is 16.8. The Morgan fingerprint density at radius 1 is 0.917 bits per heavy atom. The Kier molecular flexibility index (Phi) is 13.6. The smallest absolute Gasteiger partial charge is 0.416 e. The quantitative estimate of drug-likeness (QED) is 0.171. The number of nitrogens with one attached hydrogen (secondary N) is 2. The van der Waals surface area contributed by atoms with Gasteiger partial charge in [0.05, 0.1) is 24.3 Å². The van der Waals surface area contributed by atoms with E-state index in [0.29, 0.717) is 73.3 Å². The molecule has 12 heteroatoms. The number of ether oxygens (including phenoxy) is 2. The van der Waals surface area contributed by atoms with Gasteiger partial charge in [-0.2, -0.15) is 23.1 Å². The number of amides is 2. The Morgan fingerprint density at radius 3 is 2.19 bits per heavy atom. The van der Waals surface area contributed by atoms with Crippen LogP contribution in [0.5, 0.6) is 11.8 Å². The molecule has 0 unspecified atom stereocenters. The minimum Gasteiger partial charge on any atom is -0.478 e. The number of halogens is 3. The van der Waals surface area contributed by atoms with Gasteiger partial charge in [0.2, 0.25) is 17.7 Å². The molecule has 1 aliphatic rings. The first kappa shape index (κ1) is 36.6. The van der Waals surface area contributed by atoms with Crippen LogP contribution in [-0.2, 0) is 17.4 Å². The van der Waals surface area contributed by atoms with Gasteiger partial charge in [0.15, 0.2) is 0 Å². The third-order valence-electron chi connectivity index (χ3n) is 8.28. The third-order valence-corrected chi connectivity index (χ3v) is 8.28. The summed E-state index contributed by atoms with van der Waals surface area (Å²) in [5, 5.41) is 6.14. The van der Waals surface area contributed by atoms with Crippen molar-refractivity contribution in [2.45, 2.75) is 77.9 Å². The van der Waals surface area contributed by atoms with Crippen LogP contribution in [0.1, 0.15) is 79.7 Å². The van der Waals surface area contributed by atoms with Gasteiger partial charge in [-0.1, -0.05) is 30.3 Å². The zero-order chi connectivity index (χ0) is 34.5. The number of hydrogen-bond acceptors (Lipinski definition) is 7. The first-order chi connectivity index (χ1) is 23.1. The van der Waals surface area contributed by atoms with Gasteiger partial charge < -0.3 is 25.0 Å². The number of aryl methyl sites for hydroxylation is 1. The van der Waals surface area contributed by atoms with Crippen LogP contribution in [0, 0.1) is 6.92 Å².